The first kappa shape index (κ1) is 17.5. The van der Waals surface area contributed by atoms with Crippen LogP contribution in [-0.4, -0.2) is 25.5 Å². The SMILES string of the molecule is CC(C)C(NS(=O)(=O)c1cccc2ccoc12)C(C)(C)C(=O)O. The minimum absolute atomic E-state index is 0.00633. The summed E-state index contributed by atoms with van der Waals surface area (Å²) in [5.74, 6) is -1.26. The highest BCUT2D eigenvalue weighted by Gasteiger charge is 2.41. The molecule has 126 valence electrons. The molecular weight excluding hydrogens is 318 g/mol. The number of hydrogen-bond donors (Lipinski definition) is 2. The lowest BCUT2D eigenvalue weighted by atomic mass is 9.79. The van der Waals surface area contributed by atoms with E-state index in [4.69, 9.17) is 4.42 Å². The summed E-state index contributed by atoms with van der Waals surface area (Å²) in [6.45, 7) is 6.59. The third kappa shape index (κ3) is 3.25. The number of nitrogens with one attached hydrogen (secondary N) is 1. The lowest BCUT2D eigenvalue weighted by molar-refractivity contribution is -0.149. The van der Waals surface area contributed by atoms with Crippen LogP contribution in [0.3, 0.4) is 0 Å². The predicted molar refractivity (Wildman–Crippen MR) is 86.6 cm³/mol. The van der Waals surface area contributed by atoms with Gasteiger partial charge in [0.2, 0.25) is 10.0 Å². The Balaban J connectivity index is 2.47. The number of aliphatic carboxylic acids is 1. The third-order valence-electron chi connectivity index (χ3n) is 4.01. The molecule has 0 spiro atoms. The molecule has 1 unspecified atom stereocenters. The van der Waals surface area contributed by atoms with Gasteiger partial charge in [-0.15, -0.1) is 0 Å². The van der Waals surface area contributed by atoms with Gasteiger partial charge in [0.1, 0.15) is 4.90 Å². The van der Waals surface area contributed by atoms with Crippen LogP contribution in [0.2, 0.25) is 0 Å². The van der Waals surface area contributed by atoms with E-state index in [1.165, 1.54) is 26.2 Å². The Bertz CT molecular complexity index is 820. The molecule has 1 aromatic carbocycles. The Morgan fingerprint density at radius 1 is 1.26 bits per heavy atom. The highest BCUT2D eigenvalue weighted by atomic mass is 32.2. The summed E-state index contributed by atoms with van der Waals surface area (Å²) < 4.78 is 33.3. The zero-order valence-electron chi connectivity index (χ0n) is 13.5. The highest BCUT2D eigenvalue weighted by molar-refractivity contribution is 7.89. The maximum Gasteiger partial charge on any atom is 0.310 e. The fraction of sp³-hybridized carbons (Fsp3) is 0.438. The quantitative estimate of drug-likeness (QED) is 0.843. The van der Waals surface area contributed by atoms with Gasteiger partial charge < -0.3 is 9.52 Å². The largest absolute Gasteiger partial charge is 0.481 e. The van der Waals surface area contributed by atoms with Gasteiger partial charge in [-0.2, -0.15) is 0 Å². The van der Waals surface area contributed by atoms with E-state index in [9.17, 15) is 18.3 Å². The van der Waals surface area contributed by atoms with Gasteiger partial charge in [0.25, 0.3) is 0 Å². The fourth-order valence-corrected chi connectivity index (χ4v) is 4.35. The molecule has 0 aliphatic carbocycles. The van der Waals surface area contributed by atoms with E-state index >= 15 is 0 Å². The topological polar surface area (TPSA) is 96.6 Å². The maximum absolute atomic E-state index is 12.8. The molecule has 0 radical (unpaired) electrons. The van der Waals surface area contributed by atoms with Crippen LogP contribution >= 0.6 is 0 Å². The average Bonchev–Trinajstić information content (AvgIpc) is 2.92. The van der Waals surface area contributed by atoms with E-state index in [1.54, 1.807) is 32.0 Å². The minimum atomic E-state index is -3.92. The number of hydrogen-bond acceptors (Lipinski definition) is 4. The van der Waals surface area contributed by atoms with Crippen LogP contribution in [0.5, 0.6) is 0 Å². The molecule has 2 N–H and O–H groups in total. The molecule has 2 rings (SSSR count). The van der Waals surface area contributed by atoms with Crippen molar-refractivity contribution in [1.29, 1.82) is 0 Å². The first-order chi connectivity index (χ1) is 10.6. The van der Waals surface area contributed by atoms with Gasteiger partial charge in [0.05, 0.1) is 11.7 Å². The Morgan fingerprint density at radius 2 is 1.91 bits per heavy atom. The normalized spacial score (nSPS) is 14.3. The van der Waals surface area contributed by atoms with Crippen LogP contribution in [0, 0.1) is 11.3 Å². The number of para-hydroxylation sites is 1. The number of benzene rings is 1. The van der Waals surface area contributed by atoms with Crippen molar-refractivity contribution in [2.45, 2.75) is 38.6 Å². The first-order valence-electron chi connectivity index (χ1n) is 7.29. The maximum atomic E-state index is 12.8. The van der Waals surface area contributed by atoms with Crippen molar-refractivity contribution in [3.63, 3.8) is 0 Å². The monoisotopic (exact) mass is 339 g/mol. The molecule has 1 aromatic heterocycles. The summed E-state index contributed by atoms with van der Waals surface area (Å²) in [6, 6.07) is 5.72. The second-order valence-corrected chi connectivity index (χ2v) is 8.15. The van der Waals surface area contributed by atoms with Crippen LogP contribution in [0.4, 0.5) is 0 Å². The number of furan rings is 1. The van der Waals surface area contributed by atoms with Crippen molar-refractivity contribution in [1.82, 2.24) is 4.72 Å². The van der Waals surface area contributed by atoms with Crippen LogP contribution in [-0.2, 0) is 14.8 Å². The summed E-state index contributed by atoms with van der Waals surface area (Å²) in [5.41, 5.74) is -0.992. The van der Waals surface area contributed by atoms with Gasteiger partial charge in [0, 0.05) is 11.4 Å². The molecule has 1 atom stereocenters. The number of carboxylic acid groups (broad SMARTS) is 1. The van der Waals surface area contributed by atoms with Crippen LogP contribution in [0.25, 0.3) is 11.0 Å². The summed E-state index contributed by atoms with van der Waals surface area (Å²) in [4.78, 5) is 11.5. The third-order valence-corrected chi connectivity index (χ3v) is 5.47. The standard InChI is InChI=1S/C16H21NO5S/c1-10(2)14(16(3,4)15(18)19)17-23(20,21)12-7-5-6-11-8-9-22-13(11)12/h5-10,14,17H,1-4H3,(H,18,19). The van der Waals surface area contributed by atoms with Gasteiger partial charge in [-0.3, -0.25) is 4.79 Å². The molecule has 0 saturated heterocycles. The molecule has 7 heteroatoms. The van der Waals surface area contributed by atoms with Gasteiger partial charge >= 0.3 is 5.97 Å². The number of fused-ring (bicyclic) bond motifs is 1. The van der Waals surface area contributed by atoms with E-state index in [-0.39, 0.29) is 16.4 Å². The smallest absolute Gasteiger partial charge is 0.310 e. The highest BCUT2D eigenvalue weighted by Crippen LogP contribution is 2.30. The zero-order valence-corrected chi connectivity index (χ0v) is 14.3. The first-order valence-corrected chi connectivity index (χ1v) is 8.77. The van der Waals surface area contributed by atoms with E-state index in [1.807, 2.05) is 0 Å². The number of rotatable bonds is 6. The van der Waals surface area contributed by atoms with Gasteiger partial charge in [-0.25, -0.2) is 13.1 Å². The minimum Gasteiger partial charge on any atom is -0.481 e. The van der Waals surface area contributed by atoms with E-state index < -0.39 is 27.4 Å². The molecule has 0 bridgehead atoms. The van der Waals surface area contributed by atoms with Crippen molar-refractivity contribution in [2.24, 2.45) is 11.3 Å². The van der Waals surface area contributed by atoms with Crippen LogP contribution in [0.15, 0.2) is 39.8 Å². The van der Waals surface area contributed by atoms with E-state index in [0.717, 1.165) is 0 Å². The van der Waals surface area contributed by atoms with E-state index in [2.05, 4.69) is 4.72 Å². The van der Waals surface area contributed by atoms with Gasteiger partial charge in [-0.05, 0) is 31.9 Å². The predicted octanol–water partition coefficient (Wildman–Crippen LogP) is 2.85. The number of carbonyl (C=O) groups is 1. The lowest BCUT2D eigenvalue weighted by Crippen LogP contribution is -2.51. The lowest BCUT2D eigenvalue weighted by Gasteiger charge is -2.33. The molecule has 0 saturated carbocycles. The van der Waals surface area contributed by atoms with Crippen molar-refractivity contribution >= 4 is 27.0 Å². The summed E-state index contributed by atoms with van der Waals surface area (Å²) in [5, 5.41) is 10.1. The number of sulfonamides is 1. The van der Waals surface area contributed by atoms with Crippen LogP contribution < -0.4 is 4.72 Å². The molecule has 23 heavy (non-hydrogen) atoms. The molecule has 0 aliphatic heterocycles. The Morgan fingerprint density at radius 3 is 2.48 bits per heavy atom. The molecule has 2 aromatic rings. The molecule has 1 heterocycles. The fourth-order valence-electron chi connectivity index (χ4n) is 2.66. The summed E-state index contributed by atoms with van der Waals surface area (Å²) in [6.07, 6.45) is 1.42. The Kier molecular flexibility index (Phi) is 4.54. The van der Waals surface area contributed by atoms with E-state index in [0.29, 0.717) is 5.39 Å². The second kappa shape index (κ2) is 5.98. The zero-order chi connectivity index (χ0) is 17.4. The van der Waals surface area contributed by atoms with Gasteiger partial charge in [0.15, 0.2) is 5.58 Å². The molecule has 0 fully saturated rings. The van der Waals surface area contributed by atoms with Gasteiger partial charge in [-0.1, -0.05) is 26.0 Å². The Labute approximate surface area is 135 Å². The number of carboxylic acids is 1. The molecule has 6 nitrogen and oxygen atoms in total. The molecular formula is C16H21NO5S. The van der Waals surface area contributed by atoms with Crippen molar-refractivity contribution in [3.8, 4) is 0 Å². The van der Waals surface area contributed by atoms with Crippen molar-refractivity contribution in [3.05, 3.63) is 30.5 Å². The van der Waals surface area contributed by atoms with Crippen LogP contribution in [0.1, 0.15) is 27.7 Å². The van der Waals surface area contributed by atoms with Crippen molar-refractivity contribution < 1.29 is 22.7 Å². The molecule has 0 aliphatic rings. The van der Waals surface area contributed by atoms with Crippen molar-refractivity contribution in [2.75, 3.05) is 0 Å². The summed E-state index contributed by atoms with van der Waals surface area (Å²) in [7, 11) is -3.92. The second-order valence-electron chi connectivity index (χ2n) is 6.46. The Hall–Kier alpha value is -1.86. The summed E-state index contributed by atoms with van der Waals surface area (Å²) >= 11 is 0. The average molecular weight is 339 g/mol. The molecule has 0 amide bonds.